The molecule has 3 aliphatic rings. The van der Waals surface area contributed by atoms with E-state index in [1.54, 1.807) is 13.2 Å². The van der Waals surface area contributed by atoms with Crippen LogP contribution in [-0.4, -0.2) is 91.7 Å². The van der Waals surface area contributed by atoms with E-state index in [-0.39, 0.29) is 18.1 Å². The molecule has 2 atom stereocenters. The van der Waals surface area contributed by atoms with E-state index in [1.165, 1.54) is 42.1 Å². The van der Waals surface area contributed by atoms with Gasteiger partial charge in [0, 0.05) is 62.4 Å². The zero-order chi connectivity index (χ0) is 33.1. The number of amides is 1. The van der Waals surface area contributed by atoms with E-state index in [2.05, 4.69) is 56.0 Å². The lowest BCUT2D eigenvalue weighted by Gasteiger charge is -2.39. The van der Waals surface area contributed by atoms with Crippen LogP contribution < -0.4 is 25.3 Å². The molecule has 2 unspecified atom stereocenters. The van der Waals surface area contributed by atoms with Gasteiger partial charge in [0.15, 0.2) is 5.82 Å². The molecule has 250 valence electrons. The number of benzene rings is 2. The first-order chi connectivity index (χ1) is 22.7. The number of rotatable bonds is 10. The number of aromatic nitrogens is 2. The summed E-state index contributed by atoms with van der Waals surface area (Å²) in [4.78, 5) is 34.2. The van der Waals surface area contributed by atoms with Gasteiger partial charge in [-0.05, 0) is 57.6 Å². The number of hydrogen-bond acceptors (Lipinski definition) is 10. The molecule has 2 N–H and O–H groups in total. The van der Waals surface area contributed by atoms with Gasteiger partial charge >= 0.3 is 0 Å². The number of carbonyl (C=O) groups excluding carboxylic acids is 1. The van der Waals surface area contributed by atoms with Gasteiger partial charge in [0.1, 0.15) is 29.5 Å². The van der Waals surface area contributed by atoms with Gasteiger partial charge < -0.3 is 25.2 Å². The van der Waals surface area contributed by atoms with Gasteiger partial charge in [-0.25, -0.2) is 23.8 Å². The number of likely N-dealkylation sites (tertiary alicyclic amines) is 1. The predicted octanol–water partition coefficient (Wildman–Crippen LogP) is 5.12. The van der Waals surface area contributed by atoms with Crippen molar-refractivity contribution in [1.29, 1.82) is 0 Å². The zero-order valence-electron chi connectivity index (χ0n) is 27.1. The van der Waals surface area contributed by atoms with Crippen LogP contribution in [0.3, 0.4) is 0 Å². The predicted molar refractivity (Wildman–Crippen MR) is 178 cm³/mol. The Kier molecular flexibility index (Phi) is 9.85. The van der Waals surface area contributed by atoms with Gasteiger partial charge in [0.2, 0.25) is 5.91 Å². The molecule has 0 bridgehead atoms. The van der Waals surface area contributed by atoms with Crippen molar-refractivity contribution in [1.82, 2.24) is 19.8 Å². The molecule has 1 aromatic heterocycles. The lowest BCUT2D eigenvalue weighted by atomic mass is 10.0. The van der Waals surface area contributed by atoms with Crippen LogP contribution in [0.5, 0.6) is 5.75 Å². The van der Waals surface area contributed by atoms with Crippen LogP contribution in [0.15, 0.2) is 55.4 Å². The molecule has 3 saturated heterocycles. The fourth-order valence-corrected chi connectivity index (χ4v) is 6.83. The molecule has 2 aromatic carbocycles. The van der Waals surface area contributed by atoms with Crippen molar-refractivity contribution >= 4 is 34.6 Å². The second kappa shape index (κ2) is 14.2. The second-order valence-electron chi connectivity index (χ2n) is 12.4. The topological polar surface area (TPSA) is 98.3 Å². The van der Waals surface area contributed by atoms with Crippen LogP contribution >= 0.6 is 0 Å². The van der Waals surface area contributed by atoms with Gasteiger partial charge in [-0.1, -0.05) is 12.6 Å². The summed E-state index contributed by atoms with van der Waals surface area (Å²) in [7, 11) is 5.89. The first-order valence-corrected chi connectivity index (χ1v) is 16.0. The molecule has 1 amide bonds. The Bertz CT molecular complexity index is 1580. The van der Waals surface area contributed by atoms with Crippen molar-refractivity contribution in [3.63, 3.8) is 0 Å². The molecule has 0 radical (unpaired) electrons. The summed E-state index contributed by atoms with van der Waals surface area (Å²) in [5.41, 5.74) is 1.95. The van der Waals surface area contributed by atoms with Crippen LogP contribution in [0.25, 0.3) is 0 Å². The van der Waals surface area contributed by atoms with E-state index in [1.807, 2.05) is 12.1 Å². The molecule has 47 heavy (non-hydrogen) atoms. The Labute approximate surface area is 274 Å². The molecule has 3 aliphatic heterocycles. The van der Waals surface area contributed by atoms with Crippen molar-refractivity contribution in [2.24, 2.45) is 0 Å². The number of halogens is 2. The van der Waals surface area contributed by atoms with E-state index in [0.29, 0.717) is 47.3 Å². The number of methoxy groups -OCH3 is 1. The highest BCUT2D eigenvalue weighted by Crippen LogP contribution is 2.41. The highest BCUT2D eigenvalue weighted by molar-refractivity contribution is 6.02. The van der Waals surface area contributed by atoms with Crippen LogP contribution in [0, 0.1) is 11.6 Å². The number of hydroxylamine groups is 1. The molecule has 11 nitrogen and oxygen atoms in total. The quantitative estimate of drug-likeness (QED) is 0.289. The largest absolute Gasteiger partial charge is 0.494 e. The van der Waals surface area contributed by atoms with Crippen molar-refractivity contribution in [3.05, 3.63) is 72.6 Å². The summed E-state index contributed by atoms with van der Waals surface area (Å²) in [6, 6.07) is 9.61. The van der Waals surface area contributed by atoms with Crippen molar-refractivity contribution in [2.45, 2.75) is 43.8 Å². The summed E-state index contributed by atoms with van der Waals surface area (Å²) in [5, 5.41) is 7.65. The number of likely N-dealkylation sites (N-methyl/N-ethyl adjacent to an activating group) is 1. The standard InChI is InChI=1S/C34H42F2N8O3/c1-5-33(45)40-26-17-27(30(46-4)18-29(26)42-13-9-22(10-14-42)43-15-11-23(20-43)41(2)3)39-31-19-32(38-21-37-31)44-28(12-16-47-44)34-24(35)7-6-8-25(34)36/h5-8,17-19,21-23,28H,1,9-16,20H2,2-4H3,(H,40,45)(H,37,38,39). The number of ether oxygens (including phenoxy) is 1. The Morgan fingerprint density at radius 1 is 1.06 bits per heavy atom. The summed E-state index contributed by atoms with van der Waals surface area (Å²) in [6.07, 6.45) is 6.22. The minimum absolute atomic E-state index is 0.0693. The molecule has 0 spiro atoms. The Balaban J connectivity index is 1.23. The Morgan fingerprint density at radius 2 is 1.83 bits per heavy atom. The lowest BCUT2D eigenvalue weighted by Crippen LogP contribution is -2.45. The minimum Gasteiger partial charge on any atom is -0.494 e. The Hall–Kier alpha value is -4.33. The van der Waals surface area contributed by atoms with E-state index < -0.39 is 17.7 Å². The van der Waals surface area contributed by atoms with E-state index >= 15 is 0 Å². The smallest absolute Gasteiger partial charge is 0.247 e. The molecule has 6 rings (SSSR count). The van der Waals surface area contributed by atoms with Gasteiger partial charge in [-0.15, -0.1) is 0 Å². The Morgan fingerprint density at radius 3 is 2.51 bits per heavy atom. The van der Waals surface area contributed by atoms with Crippen molar-refractivity contribution < 1.29 is 23.1 Å². The second-order valence-corrected chi connectivity index (χ2v) is 12.4. The fourth-order valence-electron chi connectivity index (χ4n) is 6.83. The minimum atomic E-state index is -0.697. The third kappa shape index (κ3) is 7.02. The summed E-state index contributed by atoms with van der Waals surface area (Å²) in [6.45, 7) is 7.81. The molecule has 3 fully saturated rings. The van der Waals surface area contributed by atoms with Crippen LogP contribution in [0.1, 0.15) is 37.3 Å². The summed E-state index contributed by atoms with van der Waals surface area (Å²) >= 11 is 0. The number of piperidine rings is 1. The van der Waals surface area contributed by atoms with Crippen LogP contribution in [0.2, 0.25) is 0 Å². The summed E-state index contributed by atoms with van der Waals surface area (Å²) < 4.78 is 35.1. The van der Waals surface area contributed by atoms with E-state index in [0.717, 1.165) is 44.7 Å². The highest BCUT2D eigenvalue weighted by Gasteiger charge is 2.34. The monoisotopic (exact) mass is 648 g/mol. The van der Waals surface area contributed by atoms with Crippen molar-refractivity contribution in [2.75, 3.05) is 74.6 Å². The molecule has 0 saturated carbocycles. The third-order valence-corrected chi connectivity index (χ3v) is 9.39. The van der Waals surface area contributed by atoms with Crippen molar-refractivity contribution in [3.8, 4) is 5.75 Å². The van der Waals surface area contributed by atoms with E-state index in [9.17, 15) is 13.6 Å². The maximum Gasteiger partial charge on any atom is 0.247 e. The number of nitrogens with zero attached hydrogens (tertiary/aromatic N) is 6. The molecule has 0 aliphatic carbocycles. The normalized spacial score (nSPS) is 20.6. The van der Waals surface area contributed by atoms with E-state index in [4.69, 9.17) is 9.57 Å². The summed E-state index contributed by atoms with van der Waals surface area (Å²) in [5.74, 6) is -0.332. The van der Waals surface area contributed by atoms with Gasteiger partial charge in [-0.3, -0.25) is 14.5 Å². The molecule has 13 heteroatoms. The maximum atomic E-state index is 14.7. The van der Waals surface area contributed by atoms with Crippen LogP contribution in [-0.2, 0) is 9.63 Å². The molecule has 3 aromatic rings. The number of nitrogens with one attached hydrogen (secondary N) is 2. The van der Waals surface area contributed by atoms with Gasteiger partial charge in [0.25, 0.3) is 0 Å². The van der Waals surface area contributed by atoms with Gasteiger partial charge in [-0.2, -0.15) is 0 Å². The number of carbonyl (C=O) groups is 1. The third-order valence-electron chi connectivity index (χ3n) is 9.39. The molecule has 4 heterocycles. The van der Waals surface area contributed by atoms with Gasteiger partial charge in [0.05, 0.1) is 36.8 Å². The fraction of sp³-hybridized carbons (Fsp3) is 0.441. The number of anilines is 5. The molecular weight excluding hydrogens is 606 g/mol. The van der Waals surface area contributed by atoms with Crippen LogP contribution in [0.4, 0.5) is 37.5 Å². The average molecular weight is 649 g/mol. The highest BCUT2D eigenvalue weighted by atomic mass is 19.1. The molecular formula is C34H42F2N8O3. The zero-order valence-corrected chi connectivity index (χ0v) is 27.1. The first-order valence-electron chi connectivity index (χ1n) is 16.0. The lowest BCUT2D eigenvalue weighted by molar-refractivity contribution is -0.111. The first kappa shape index (κ1) is 32.6. The SMILES string of the molecule is C=CC(=O)Nc1cc(Nc2cc(N3OCCC3c3c(F)cccc3F)ncn2)c(OC)cc1N1CCC(N2CCC(N(C)C)C2)CC1. The maximum absolute atomic E-state index is 14.7. The average Bonchev–Trinajstić information content (AvgIpc) is 3.76. The number of hydrogen-bond donors (Lipinski definition) is 2.